The lowest BCUT2D eigenvalue weighted by molar-refractivity contribution is -0.140. The summed E-state index contributed by atoms with van der Waals surface area (Å²) in [5.74, 6) is -0.686. The van der Waals surface area contributed by atoms with Gasteiger partial charge in [-0.05, 0) is 12.5 Å². The van der Waals surface area contributed by atoms with Crippen molar-refractivity contribution in [3.63, 3.8) is 0 Å². The van der Waals surface area contributed by atoms with Crippen LogP contribution in [0.25, 0.3) is 0 Å². The van der Waals surface area contributed by atoms with Crippen molar-refractivity contribution in [2.24, 2.45) is 0 Å². The van der Waals surface area contributed by atoms with Crippen LogP contribution in [0.1, 0.15) is 22.8 Å². The Kier molecular flexibility index (Phi) is 4.25. The molecule has 1 aromatic carbocycles. The van der Waals surface area contributed by atoms with Gasteiger partial charge in [0.15, 0.2) is 0 Å². The zero-order valence-electron chi connectivity index (χ0n) is 9.58. The van der Waals surface area contributed by atoms with E-state index >= 15 is 0 Å². The Morgan fingerprint density at radius 2 is 2.12 bits per heavy atom. The highest BCUT2D eigenvalue weighted by molar-refractivity contribution is 7.86. The van der Waals surface area contributed by atoms with Gasteiger partial charge in [0.2, 0.25) is 0 Å². The van der Waals surface area contributed by atoms with E-state index in [4.69, 9.17) is 4.55 Å². The van der Waals surface area contributed by atoms with Gasteiger partial charge >= 0.3 is 5.97 Å². The molecule has 0 saturated heterocycles. The Balaban J connectivity index is 3.12. The molecule has 0 saturated carbocycles. The SMILES string of the molecule is COC(=O)CC(c1cccc(C)c1)S(=O)(=O)O. The van der Waals surface area contributed by atoms with Crippen LogP contribution in [-0.2, 0) is 19.6 Å². The lowest BCUT2D eigenvalue weighted by Crippen LogP contribution is -2.17. The van der Waals surface area contributed by atoms with Gasteiger partial charge in [-0.25, -0.2) is 0 Å². The third kappa shape index (κ3) is 3.83. The van der Waals surface area contributed by atoms with Crippen LogP contribution in [0.15, 0.2) is 24.3 Å². The van der Waals surface area contributed by atoms with Crippen LogP contribution in [0, 0.1) is 6.92 Å². The Hall–Kier alpha value is -1.40. The highest BCUT2D eigenvalue weighted by atomic mass is 32.2. The van der Waals surface area contributed by atoms with E-state index in [1.165, 1.54) is 7.11 Å². The summed E-state index contributed by atoms with van der Waals surface area (Å²) in [6.45, 7) is 1.79. The number of hydrogen-bond acceptors (Lipinski definition) is 4. The molecular formula is C11H14O5S. The smallest absolute Gasteiger partial charge is 0.307 e. The minimum Gasteiger partial charge on any atom is -0.469 e. The predicted octanol–water partition coefficient (Wildman–Crippen LogP) is 1.49. The molecule has 1 unspecified atom stereocenters. The highest BCUT2D eigenvalue weighted by Crippen LogP contribution is 2.26. The van der Waals surface area contributed by atoms with Crippen molar-refractivity contribution in [3.05, 3.63) is 35.4 Å². The second-order valence-electron chi connectivity index (χ2n) is 3.70. The maximum atomic E-state index is 11.2. The number of esters is 1. The quantitative estimate of drug-likeness (QED) is 0.653. The fourth-order valence-electron chi connectivity index (χ4n) is 1.50. The summed E-state index contributed by atoms with van der Waals surface area (Å²) in [5, 5.41) is -1.28. The maximum absolute atomic E-state index is 11.2. The monoisotopic (exact) mass is 258 g/mol. The molecule has 0 aliphatic rings. The van der Waals surface area contributed by atoms with Crippen molar-refractivity contribution in [2.75, 3.05) is 7.11 Å². The summed E-state index contributed by atoms with van der Waals surface area (Å²) in [6, 6.07) is 6.62. The maximum Gasteiger partial charge on any atom is 0.307 e. The molecule has 6 heteroatoms. The second-order valence-corrected chi connectivity index (χ2v) is 5.30. The lowest BCUT2D eigenvalue weighted by atomic mass is 10.1. The predicted molar refractivity (Wildman–Crippen MR) is 62.1 cm³/mol. The van der Waals surface area contributed by atoms with Gasteiger partial charge in [-0.1, -0.05) is 29.8 Å². The molecule has 0 spiro atoms. The fourth-order valence-corrected chi connectivity index (χ4v) is 2.34. The number of carbonyl (C=O) groups excluding carboxylic acids is 1. The van der Waals surface area contributed by atoms with Crippen molar-refractivity contribution < 1.29 is 22.5 Å². The first-order chi connectivity index (χ1) is 7.84. The van der Waals surface area contributed by atoms with Gasteiger partial charge in [0.25, 0.3) is 10.1 Å². The van der Waals surface area contributed by atoms with Crippen LogP contribution in [0.5, 0.6) is 0 Å². The highest BCUT2D eigenvalue weighted by Gasteiger charge is 2.28. The number of aryl methyl sites for hydroxylation is 1. The standard InChI is InChI=1S/C11H14O5S/c1-8-4-3-5-9(6-8)10(17(13,14)15)7-11(12)16-2/h3-6,10H,7H2,1-2H3,(H,13,14,15). The molecule has 0 fully saturated rings. The molecule has 17 heavy (non-hydrogen) atoms. The number of benzene rings is 1. The van der Waals surface area contributed by atoms with Crippen LogP contribution in [-0.4, -0.2) is 26.0 Å². The van der Waals surface area contributed by atoms with Gasteiger partial charge in [-0.3, -0.25) is 9.35 Å². The number of ether oxygens (including phenoxy) is 1. The van der Waals surface area contributed by atoms with E-state index in [2.05, 4.69) is 4.74 Å². The molecular weight excluding hydrogens is 244 g/mol. The first-order valence-electron chi connectivity index (χ1n) is 4.94. The van der Waals surface area contributed by atoms with E-state index in [1.807, 2.05) is 0 Å². The molecule has 0 aliphatic heterocycles. The summed E-state index contributed by atoms with van der Waals surface area (Å²) in [7, 11) is -3.17. The average molecular weight is 258 g/mol. The summed E-state index contributed by atoms with van der Waals surface area (Å²) >= 11 is 0. The lowest BCUT2D eigenvalue weighted by Gasteiger charge is -2.13. The normalized spacial score (nSPS) is 13.1. The van der Waals surface area contributed by atoms with Crippen molar-refractivity contribution in [3.8, 4) is 0 Å². The van der Waals surface area contributed by atoms with Crippen molar-refractivity contribution in [2.45, 2.75) is 18.6 Å². The molecule has 0 radical (unpaired) electrons. The fraction of sp³-hybridized carbons (Fsp3) is 0.364. The molecule has 0 heterocycles. The van der Waals surface area contributed by atoms with E-state index in [9.17, 15) is 13.2 Å². The molecule has 5 nitrogen and oxygen atoms in total. The Labute approximate surface area is 100 Å². The zero-order valence-corrected chi connectivity index (χ0v) is 10.4. The molecule has 1 rings (SSSR count). The Morgan fingerprint density at radius 3 is 2.59 bits per heavy atom. The molecule has 94 valence electrons. The van der Waals surface area contributed by atoms with Crippen LogP contribution < -0.4 is 0 Å². The van der Waals surface area contributed by atoms with Crippen LogP contribution in [0.2, 0.25) is 0 Å². The van der Waals surface area contributed by atoms with E-state index in [0.29, 0.717) is 5.56 Å². The van der Waals surface area contributed by atoms with Gasteiger partial charge in [-0.15, -0.1) is 0 Å². The Bertz CT molecular complexity index is 506. The number of rotatable bonds is 4. The first kappa shape index (κ1) is 13.7. The van der Waals surface area contributed by atoms with E-state index in [-0.39, 0.29) is 0 Å². The van der Waals surface area contributed by atoms with Crippen molar-refractivity contribution >= 4 is 16.1 Å². The molecule has 0 aromatic heterocycles. The molecule has 1 N–H and O–H groups in total. The zero-order chi connectivity index (χ0) is 13.1. The molecule has 0 aliphatic carbocycles. The third-order valence-corrected chi connectivity index (χ3v) is 3.51. The minimum absolute atomic E-state index is 0.373. The molecule has 1 atom stereocenters. The van der Waals surface area contributed by atoms with Gasteiger partial charge in [0, 0.05) is 0 Å². The van der Waals surface area contributed by atoms with Crippen molar-refractivity contribution in [1.29, 1.82) is 0 Å². The molecule has 0 amide bonds. The summed E-state index contributed by atoms with van der Waals surface area (Å²) in [6.07, 6.45) is -0.404. The average Bonchev–Trinajstić information content (AvgIpc) is 2.23. The minimum atomic E-state index is -4.34. The first-order valence-corrected chi connectivity index (χ1v) is 6.44. The summed E-state index contributed by atoms with van der Waals surface area (Å²) < 4.78 is 36.0. The molecule has 0 bridgehead atoms. The summed E-state index contributed by atoms with van der Waals surface area (Å²) in [4.78, 5) is 11.1. The van der Waals surface area contributed by atoms with Crippen LogP contribution in [0.3, 0.4) is 0 Å². The second kappa shape index (κ2) is 5.29. The number of carbonyl (C=O) groups is 1. The van der Waals surface area contributed by atoms with Crippen LogP contribution in [0.4, 0.5) is 0 Å². The van der Waals surface area contributed by atoms with Gasteiger partial charge in [0.1, 0.15) is 5.25 Å². The number of hydrogen-bond donors (Lipinski definition) is 1. The van der Waals surface area contributed by atoms with Gasteiger partial charge < -0.3 is 4.74 Å². The third-order valence-electron chi connectivity index (χ3n) is 2.35. The van der Waals surface area contributed by atoms with Gasteiger partial charge in [0.05, 0.1) is 13.5 Å². The van der Waals surface area contributed by atoms with E-state index in [0.717, 1.165) is 5.56 Å². The summed E-state index contributed by atoms with van der Waals surface area (Å²) in [5.41, 5.74) is 1.22. The largest absolute Gasteiger partial charge is 0.469 e. The van der Waals surface area contributed by atoms with E-state index < -0.39 is 27.8 Å². The molecule has 1 aromatic rings. The number of methoxy groups -OCH3 is 1. The van der Waals surface area contributed by atoms with E-state index in [1.54, 1.807) is 31.2 Å². The topological polar surface area (TPSA) is 80.7 Å². The van der Waals surface area contributed by atoms with Crippen LogP contribution >= 0.6 is 0 Å². The Morgan fingerprint density at radius 1 is 1.47 bits per heavy atom. The van der Waals surface area contributed by atoms with Crippen molar-refractivity contribution in [1.82, 2.24) is 0 Å². The van der Waals surface area contributed by atoms with Gasteiger partial charge in [-0.2, -0.15) is 8.42 Å².